The minimum absolute atomic E-state index is 0.286. The molecule has 0 saturated carbocycles. The van der Waals surface area contributed by atoms with Crippen LogP contribution in [0.15, 0.2) is 96.0 Å². The number of rotatable bonds is 3. The van der Waals surface area contributed by atoms with E-state index in [2.05, 4.69) is 72.8 Å². The fourth-order valence-electron chi connectivity index (χ4n) is 3.28. The van der Waals surface area contributed by atoms with E-state index in [-0.39, 0.29) is 5.41 Å². The van der Waals surface area contributed by atoms with Gasteiger partial charge in [0.15, 0.2) is 0 Å². The highest BCUT2D eigenvalue weighted by molar-refractivity contribution is 6.42. The van der Waals surface area contributed by atoms with Gasteiger partial charge in [0.05, 0.1) is 5.41 Å². The van der Waals surface area contributed by atoms with Crippen LogP contribution in [0.2, 0.25) is 0 Å². The van der Waals surface area contributed by atoms with Crippen LogP contribution < -0.4 is 0 Å². The summed E-state index contributed by atoms with van der Waals surface area (Å²) in [5, 5.41) is 0.927. The van der Waals surface area contributed by atoms with Gasteiger partial charge in [-0.05, 0) is 22.3 Å². The monoisotopic (exact) mass is 302 g/mol. The molecule has 0 N–H and O–H groups in total. The first-order valence-electron chi connectivity index (χ1n) is 7.42. The smallest absolute Gasteiger partial charge is 0.0829 e. The van der Waals surface area contributed by atoms with E-state index in [9.17, 15) is 0 Å². The topological polar surface area (TPSA) is 0 Å². The normalized spacial score (nSPS) is 15.7. The molecular formula is C21H15Cl. The molecule has 4 rings (SSSR count). The molecule has 0 fully saturated rings. The van der Waals surface area contributed by atoms with Crippen LogP contribution in [0.5, 0.6) is 0 Å². The lowest BCUT2D eigenvalue weighted by Gasteiger charge is -2.21. The Morgan fingerprint density at radius 2 is 0.955 bits per heavy atom. The maximum Gasteiger partial charge on any atom is 0.0829 e. The molecule has 0 aromatic heterocycles. The van der Waals surface area contributed by atoms with E-state index in [0.29, 0.717) is 0 Å². The fourth-order valence-corrected chi connectivity index (χ4v) is 3.80. The van der Waals surface area contributed by atoms with Gasteiger partial charge in [-0.1, -0.05) is 103 Å². The lowest BCUT2D eigenvalue weighted by Crippen LogP contribution is -2.14. The molecule has 0 aliphatic heterocycles. The zero-order valence-electron chi connectivity index (χ0n) is 12.0. The summed E-state index contributed by atoms with van der Waals surface area (Å²) >= 11 is 6.76. The highest BCUT2D eigenvalue weighted by atomic mass is 35.5. The highest BCUT2D eigenvalue weighted by Crippen LogP contribution is 2.65. The standard InChI is InChI=1S/C21H15Cl/c22-20-19(16-10-4-1-5-11-16)21(20,17-12-6-2-7-13-17)18-14-8-3-9-15-18/h1-15H. The Kier molecular flexibility index (Phi) is 3.13. The Bertz CT molecular complexity index is 778. The Labute approximate surface area is 135 Å². The zero-order chi connectivity index (χ0) is 15.0. The van der Waals surface area contributed by atoms with Gasteiger partial charge < -0.3 is 0 Å². The zero-order valence-corrected chi connectivity index (χ0v) is 12.8. The van der Waals surface area contributed by atoms with Gasteiger partial charge in [0.25, 0.3) is 0 Å². The van der Waals surface area contributed by atoms with Crippen LogP contribution in [-0.4, -0.2) is 0 Å². The molecule has 0 spiro atoms. The van der Waals surface area contributed by atoms with Crippen LogP contribution in [0.25, 0.3) is 5.57 Å². The summed E-state index contributed by atoms with van der Waals surface area (Å²) in [5.41, 5.74) is 4.58. The molecule has 0 saturated heterocycles. The summed E-state index contributed by atoms with van der Waals surface area (Å²) < 4.78 is 0. The molecule has 106 valence electrons. The molecule has 0 bridgehead atoms. The SMILES string of the molecule is ClC1=C(c2ccccc2)C1(c1ccccc1)c1ccccc1. The summed E-state index contributed by atoms with van der Waals surface area (Å²) in [5.74, 6) is 0. The van der Waals surface area contributed by atoms with Crippen molar-refractivity contribution in [2.75, 3.05) is 0 Å². The summed E-state index contributed by atoms with van der Waals surface area (Å²) in [4.78, 5) is 0. The molecule has 1 aliphatic rings. The van der Waals surface area contributed by atoms with Gasteiger partial charge in [0.2, 0.25) is 0 Å². The second-order valence-corrected chi connectivity index (χ2v) is 5.92. The van der Waals surface area contributed by atoms with Gasteiger partial charge in [0, 0.05) is 5.03 Å². The van der Waals surface area contributed by atoms with E-state index < -0.39 is 0 Å². The molecule has 0 amide bonds. The van der Waals surface area contributed by atoms with E-state index >= 15 is 0 Å². The third kappa shape index (κ3) is 1.84. The third-order valence-electron chi connectivity index (χ3n) is 4.34. The Hall–Kier alpha value is -2.31. The molecule has 3 aromatic carbocycles. The molecule has 1 aliphatic carbocycles. The molecule has 0 nitrogen and oxygen atoms in total. The molecule has 3 aromatic rings. The maximum atomic E-state index is 6.76. The van der Waals surface area contributed by atoms with Gasteiger partial charge >= 0.3 is 0 Å². The number of allylic oxidation sites excluding steroid dienone is 2. The van der Waals surface area contributed by atoms with E-state index in [0.717, 1.165) is 5.03 Å². The number of benzene rings is 3. The second kappa shape index (κ2) is 5.15. The van der Waals surface area contributed by atoms with Crippen molar-refractivity contribution in [2.45, 2.75) is 5.41 Å². The molecular weight excluding hydrogens is 288 g/mol. The Balaban J connectivity index is 1.91. The first kappa shape index (κ1) is 13.4. The van der Waals surface area contributed by atoms with Gasteiger partial charge in [-0.3, -0.25) is 0 Å². The van der Waals surface area contributed by atoms with Crippen molar-refractivity contribution in [3.63, 3.8) is 0 Å². The summed E-state index contributed by atoms with van der Waals surface area (Å²) in [6.07, 6.45) is 0. The lowest BCUT2D eigenvalue weighted by molar-refractivity contribution is 0.933. The minimum Gasteiger partial charge on any atom is -0.0870 e. The molecule has 1 heteroatoms. The predicted octanol–water partition coefficient (Wildman–Crippen LogP) is 5.64. The quantitative estimate of drug-likeness (QED) is 0.587. The van der Waals surface area contributed by atoms with Crippen LogP contribution in [0.1, 0.15) is 16.7 Å². The van der Waals surface area contributed by atoms with Gasteiger partial charge in [0.1, 0.15) is 0 Å². The average molecular weight is 303 g/mol. The third-order valence-corrected chi connectivity index (χ3v) is 4.81. The number of hydrogen-bond acceptors (Lipinski definition) is 0. The first-order chi connectivity index (χ1) is 10.8. The predicted molar refractivity (Wildman–Crippen MR) is 92.9 cm³/mol. The largest absolute Gasteiger partial charge is 0.0870 e. The fraction of sp³-hybridized carbons (Fsp3) is 0.0476. The Morgan fingerprint density at radius 1 is 0.545 bits per heavy atom. The Morgan fingerprint density at radius 3 is 1.41 bits per heavy atom. The molecule has 0 radical (unpaired) electrons. The van der Waals surface area contributed by atoms with Crippen molar-refractivity contribution in [1.29, 1.82) is 0 Å². The van der Waals surface area contributed by atoms with Crippen LogP contribution in [0.4, 0.5) is 0 Å². The van der Waals surface area contributed by atoms with Crippen molar-refractivity contribution in [1.82, 2.24) is 0 Å². The summed E-state index contributed by atoms with van der Waals surface area (Å²) in [6, 6.07) is 31.4. The van der Waals surface area contributed by atoms with Crippen molar-refractivity contribution >= 4 is 17.2 Å². The van der Waals surface area contributed by atoms with Crippen LogP contribution in [0, 0.1) is 0 Å². The minimum atomic E-state index is -0.286. The number of halogens is 1. The van der Waals surface area contributed by atoms with E-state index in [1.165, 1.54) is 22.3 Å². The summed E-state index contributed by atoms with van der Waals surface area (Å²) in [7, 11) is 0. The lowest BCUT2D eigenvalue weighted by atomic mass is 9.81. The van der Waals surface area contributed by atoms with E-state index in [1.54, 1.807) is 0 Å². The van der Waals surface area contributed by atoms with Crippen LogP contribution in [0.3, 0.4) is 0 Å². The maximum absolute atomic E-state index is 6.76. The van der Waals surface area contributed by atoms with Crippen molar-refractivity contribution in [3.05, 3.63) is 113 Å². The van der Waals surface area contributed by atoms with Gasteiger partial charge in [-0.2, -0.15) is 0 Å². The number of hydrogen-bond donors (Lipinski definition) is 0. The molecule has 22 heavy (non-hydrogen) atoms. The van der Waals surface area contributed by atoms with Crippen LogP contribution >= 0.6 is 11.6 Å². The summed E-state index contributed by atoms with van der Waals surface area (Å²) in [6.45, 7) is 0. The van der Waals surface area contributed by atoms with Crippen molar-refractivity contribution < 1.29 is 0 Å². The van der Waals surface area contributed by atoms with Crippen molar-refractivity contribution in [2.24, 2.45) is 0 Å². The van der Waals surface area contributed by atoms with E-state index in [1.807, 2.05) is 18.2 Å². The highest BCUT2D eigenvalue weighted by Gasteiger charge is 2.55. The van der Waals surface area contributed by atoms with Crippen molar-refractivity contribution in [3.8, 4) is 0 Å². The first-order valence-corrected chi connectivity index (χ1v) is 7.80. The molecule has 0 heterocycles. The van der Waals surface area contributed by atoms with E-state index in [4.69, 9.17) is 11.6 Å². The van der Waals surface area contributed by atoms with Gasteiger partial charge in [-0.15, -0.1) is 0 Å². The van der Waals surface area contributed by atoms with Crippen LogP contribution in [-0.2, 0) is 5.41 Å². The second-order valence-electron chi connectivity index (χ2n) is 5.54. The molecule has 0 unspecified atom stereocenters. The molecule has 0 atom stereocenters. The average Bonchev–Trinajstić information content (AvgIpc) is 3.24. The van der Waals surface area contributed by atoms with Gasteiger partial charge in [-0.25, -0.2) is 0 Å².